The highest BCUT2D eigenvalue weighted by atomic mass is 35.5. The average Bonchev–Trinajstić information content (AvgIpc) is 3.81. The predicted octanol–water partition coefficient (Wildman–Crippen LogP) is 5.05. The topological polar surface area (TPSA) is 110 Å². The third kappa shape index (κ3) is 4.81. The van der Waals surface area contributed by atoms with Crippen molar-refractivity contribution >= 4 is 17.5 Å². The van der Waals surface area contributed by atoms with E-state index in [2.05, 4.69) is 11.1 Å². The van der Waals surface area contributed by atoms with Crippen LogP contribution in [-0.4, -0.2) is 32.4 Å². The van der Waals surface area contributed by atoms with Crippen LogP contribution in [0.2, 0.25) is 5.02 Å². The number of aromatic nitrogens is 2. The van der Waals surface area contributed by atoms with E-state index in [1.54, 1.807) is 35.2 Å². The summed E-state index contributed by atoms with van der Waals surface area (Å²) >= 11 is 6.24. The zero-order valence-electron chi connectivity index (χ0n) is 21.7. The summed E-state index contributed by atoms with van der Waals surface area (Å²) in [6, 6.07) is 24.1. The second-order valence-electron chi connectivity index (χ2n) is 10.5. The molecule has 2 aliphatic rings. The second-order valence-corrected chi connectivity index (χ2v) is 10.9. The van der Waals surface area contributed by atoms with Crippen molar-refractivity contribution in [3.05, 3.63) is 122 Å². The van der Waals surface area contributed by atoms with Gasteiger partial charge >= 0.3 is 0 Å². The number of amides is 1. The van der Waals surface area contributed by atoms with Crippen molar-refractivity contribution in [1.82, 2.24) is 14.9 Å². The van der Waals surface area contributed by atoms with Crippen LogP contribution in [0.15, 0.2) is 77.6 Å². The van der Waals surface area contributed by atoms with E-state index in [9.17, 15) is 14.7 Å². The first kappa shape index (κ1) is 26.0. The first-order valence-electron chi connectivity index (χ1n) is 13.3. The summed E-state index contributed by atoms with van der Waals surface area (Å²) in [7, 11) is 0. The molecule has 1 aliphatic heterocycles. The normalized spacial score (nSPS) is 16.4. The Labute approximate surface area is 236 Å². The quantitative estimate of drug-likeness (QED) is 0.361. The van der Waals surface area contributed by atoms with Gasteiger partial charge in [0.05, 0.1) is 34.8 Å². The maximum Gasteiger partial charge on any atom is 0.256 e. The Morgan fingerprint density at radius 3 is 2.58 bits per heavy atom. The number of rotatable bonds is 5. The Morgan fingerprint density at radius 2 is 1.85 bits per heavy atom. The molecular formula is C32H27ClN4O3. The Hall–Kier alpha value is -4.25. The lowest BCUT2D eigenvalue weighted by atomic mass is 9.94. The third-order valence-corrected chi connectivity index (χ3v) is 8.20. The van der Waals surface area contributed by atoms with E-state index in [1.165, 1.54) is 0 Å². The molecule has 0 bridgehead atoms. The van der Waals surface area contributed by atoms with Gasteiger partial charge in [-0.3, -0.25) is 9.59 Å². The summed E-state index contributed by atoms with van der Waals surface area (Å²) < 4.78 is 0. The molecule has 1 fully saturated rings. The second kappa shape index (κ2) is 10.4. The van der Waals surface area contributed by atoms with Gasteiger partial charge in [-0.25, -0.2) is 4.98 Å². The molecular weight excluding hydrogens is 524 g/mol. The highest BCUT2D eigenvalue weighted by molar-refractivity contribution is 6.30. The average molecular weight is 551 g/mol. The van der Waals surface area contributed by atoms with Crippen LogP contribution in [0.1, 0.15) is 59.1 Å². The van der Waals surface area contributed by atoms with Crippen molar-refractivity contribution in [2.75, 3.05) is 6.54 Å². The van der Waals surface area contributed by atoms with E-state index < -0.39 is 12.0 Å². The molecule has 2 heterocycles. The van der Waals surface area contributed by atoms with E-state index in [0.29, 0.717) is 52.6 Å². The fourth-order valence-electron chi connectivity index (χ4n) is 5.55. The van der Waals surface area contributed by atoms with Crippen LogP contribution < -0.4 is 5.56 Å². The number of fused-ring (bicyclic) bond motifs is 1. The lowest BCUT2D eigenvalue weighted by Gasteiger charge is -2.24. The van der Waals surface area contributed by atoms with Crippen LogP contribution in [0.3, 0.4) is 0 Å². The first-order valence-corrected chi connectivity index (χ1v) is 13.7. The molecule has 0 unspecified atom stereocenters. The summed E-state index contributed by atoms with van der Waals surface area (Å²) in [4.78, 5) is 36.2. The summed E-state index contributed by atoms with van der Waals surface area (Å²) in [5, 5.41) is 20.8. The van der Waals surface area contributed by atoms with E-state index in [1.807, 2.05) is 42.5 Å². The molecule has 7 nitrogen and oxygen atoms in total. The Balaban J connectivity index is 1.24. The number of aromatic amines is 1. The molecule has 1 aromatic heterocycles. The van der Waals surface area contributed by atoms with Gasteiger partial charge in [-0.15, -0.1) is 0 Å². The largest absolute Gasteiger partial charge is 0.378 e. The number of carbonyl (C=O) groups excluding carboxylic acids is 1. The van der Waals surface area contributed by atoms with Crippen molar-refractivity contribution in [2.45, 2.75) is 43.7 Å². The van der Waals surface area contributed by atoms with Gasteiger partial charge in [-0.2, -0.15) is 5.26 Å². The SMILES string of the molecule is N#Cc1ccc(-c2cccc([C@@H](O)C(=O)N3CCCc4nc(C5(c6cccc(Cl)c6)CC5)[nH]c(=O)c4C3)c2)cc1. The molecule has 0 saturated heterocycles. The van der Waals surface area contributed by atoms with E-state index in [0.717, 1.165) is 29.5 Å². The maximum atomic E-state index is 13.5. The number of nitriles is 1. The molecule has 200 valence electrons. The molecule has 8 heteroatoms. The van der Waals surface area contributed by atoms with Crippen molar-refractivity contribution < 1.29 is 9.90 Å². The van der Waals surface area contributed by atoms with Crippen LogP contribution in [0.25, 0.3) is 11.1 Å². The molecule has 2 N–H and O–H groups in total. The smallest absolute Gasteiger partial charge is 0.256 e. The highest BCUT2D eigenvalue weighted by Gasteiger charge is 2.48. The minimum Gasteiger partial charge on any atom is -0.378 e. The van der Waals surface area contributed by atoms with Gasteiger partial charge < -0.3 is 15.0 Å². The van der Waals surface area contributed by atoms with Crippen molar-refractivity contribution in [3.8, 4) is 17.2 Å². The van der Waals surface area contributed by atoms with E-state index >= 15 is 0 Å². The molecule has 0 spiro atoms. The van der Waals surface area contributed by atoms with Crippen LogP contribution in [0.5, 0.6) is 0 Å². The highest BCUT2D eigenvalue weighted by Crippen LogP contribution is 2.52. The summed E-state index contributed by atoms with van der Waals surface area (Å²) in [5.74, 6) is 0.198. The lowest BCUT2D eigenvalue weighted by molar-refractivity contribution is -0.141. The standard InChI is InChI=1S/C32H27ClN4O3/c33-25-7-2-6-24(17-25)32(13-14-32)31-35-27-8-3-15-37(19-26(27)29(39)36-31)30(40)28(38)23-5-1-4-22(16-23)21-11-9-20(18-34)10-12-21/h1-2,4-7,9-12,16-17,28,38H,3,8,13-15,19H2,(H,35,36,39)/t28-/m1/s1. The molecule has 0 radical (unpaired) electrons. The van der Waals surface area contributed by atoms with Gasteiger partial charge in [0.25, 0.3) is 11.5 Å². The van der Waals surface area contributed by atoms with Crippen molar-refractivity contribution in [2.24, 2.45) is 0 Å². The predicted molar refractivity (Wildman–Crippen MR) is 152 cm³/mol. The number of H-pyrrole nitrogens is 1. The maximum absolute atomic E-state index is 13.5. The van der Waals surface area contributed by atoms with Gasteiger partial charge in [0.2, 0.25) is 0 Å². The van der Waals surface area contributed by atoms with Crippen molar-refractivity contribution in [1.29, 1.82) is 5.26 Å². The van der Waals surface area contributed by atoms with Crippen LogP contribution in [0, 0.1) is 11.3 Å². The van der Waals surface area contributed by atoms with Crippen LogP contribution in [-0.2, 0) is 23.2 Å². The van der Waals surface area contributed by atoms with Gasteiger partial charge in [0.1, 0.15) is 5.82 Å². The fourth-order valence-corrected chi connectivity index (χ4v) is 5.74. The number of aliphatic hydroxyl groups is 1. The summed E-state index contributed by atoms with van der Waals surface area (Å²) in [6.45, 7) is 0.503. The number of benzene rings is 3. The number of nitrogens with zero attached hydrogens (tertiary/aromatic N) is 3. The lowest BCUT2D eigenvalue weighted by Crippen LogP contribution is -2.36. The number of aryl methyl sites for hydroxylation is 1. The molecule has 1 atom stereocenters. The van der Waals surface area contributed by atoms with Crippen LogP contribution in [0.4, 0.5) is 0 Å². The molecule has 1 aliphatic carbocycles. The van der Waals surface area contributed by atoms with Gasteiger partial charge in [0.15, 0.2) is 6.10 Å². The fraction of sp³-hybridized carbons (Fsp3) is 0.250. The van der Waals surface area contributed by atoms with Gasteiger partial charge in [0, 0.05) is 11.6 Å². The number of halogens is 1. The molecule has 3 aromatic carbocycles. The number of hydrogen-bond acceptors (Lipinski definition) is 5. The third-order valence-electron chi connectivity index (χ3n) is 7.97. The summed E-state index contributed by atoms with van der Waals surface area (Å²) in [6.07, 6.45) is 1.60. The number of aliphatic hydroxyl groups excluding tert-OH is 1. The van der Waals surface area contributed by atoms with Gasteiger partial charge in [-0.1, -0.05) is 54.1 Å². The number of hydrogen-bond donors (Lipinski definition) is 2. The zero-order chi connectivity index (χ0) is 27.9. The minimum absolute atomic E-state index is 0.0906. The Morgan fingerprint density at radius 1 is 1.07 bits per heavy atom. The summed E-state index contributed by atoms with van der Waals surface area (Å²) in [5.41, 5.74) is 4.37. The molecule has 4 aromatic rings. The van der Waals surface area contributed by atoms with Crippen molar-refractivity contribution in [3.63, 3.8) is 0 Å². The van der Waals surface area contributed by atoms with Crippen LogP contribution >= 0.6 is 11.6 Å². The first-order chi connectivity index (χ1) is 19.4. The number of carbonyl (C=O) groups is 1. The minimum atomic E-state index is -1.37. The molecule has 1 saturated carbocycles. The molecule has 6 rings (SSSR count). The zero-order valence-corrected chi connectivity index (χ0v) is 22.5. The molecule has 1 amide bonds. The Bertz CT molecular complexity index is 1700. The van der Waals surface area contributed by atoms with E-state index in [-0.39, 0.29) is 17.5 Å². The van der Waals surface area contributed by atoms with Gasteiger partial charge in [-0.05, 0) is 78.3 Å². The monoisotopic (exact) mass is 550 g/mol. The van der Waals surface area contributed by atoms with E-state index in [4.69, 9.17) is 21.8 Å². The molecule has 40 heavy (non-hydrogen) atoms. The Kier molecular flexibility index (Phi) is 6.75. The number of nitrogens with one attached hydrogen (secondary N) is 1.